The Hall–Kier alpha value is -7.05. The van der Waals surface area contributed by atoms with Gasteiger partial charge in [0.15, 0.2) is 0 Å². The van der Waals surface area contributed by atoms with Crippen molar-refractivity contribution in [3.8, 4) is 5.69 Å². The first-order chi connectivity index (χ1) is 25.8. The zero-order chi connectivity index (χ0) is 34.2. The fourth-order valence-electron chi connectivity index (χ4n) is 8.75. The van der Waals surface area contributed by atoms with Crippen molar-refractivity contribution in [1.82, 2.24) is 19.5 Å². The molecule has 9 aromatic rings. The van der Waals surface area contributed by atoms with Gasteiger partial charge in [0, 0.05) is 18.1 Å². The fraction of sp³-hybridized carbons (Fsp3) is 0.0217. The molecule has 244 valence electrons. The van der Waals surface area contributed by atoms with E-state index in [0.717, 1.165) is 50.6 Å². The van der Waals surface area contributed by atoms with Crippen LogP contribution in [-0.2, 0) is 5.41 Å². The number of rotatable bonds is 3. The van der Waals surface area contributed by atoms with E-state index in [1.807, 2.05) is 30.7 Å². The van der Waals surface area contributed by atoms with Gasteiger partial charge in [-0.15, -0.1) is 0 Å². The Morgan fingerprint density at radius 3 is 1.31 bits per heavy atom. The molecule has 0 fully saturated rings. The average Bonchev–Trinajstić information content (AvgIpc) is 3.56. The SMILES string of the molecule is c1ccc(N2c3ccccc3C3(c4ccccc42)c2ccccc2N(c2ccc(-n4c5cccnc5c5ncccc54)cn2)c2ccccc23)cc1. The number of hydrogen-bond acceptors (Lipinski definition) is 5. The van der Waals surface area contributed by atoms with Gasteiger partial charge in [-0.2, -0.15) is 0 Å². The lowest BCUT2D eigenvalue weighted by Crippen LogP contribution is -2.42. The van der Waals surface area contributed by atoms with Gasteiger partial charge in [-0.3, -0.25) is 14.9 Å². The van der Waals surface area contributed by atoms with Crippen LogP contribution in [0.3, 0.4) is 0 Å². The Kier molecular flexibility index (Phi) is 6.07. The molecule has 0 amide bonds. The van der Waals surface area contributed by atoms with Crippen LogP contribution >= 0.6 is 0 Å². The maximum atomic E-state index is 5.20. The molecule has 0 radical (unpaired) electrons. The van der Waals surface area contributed by atoms with Crippen LogP contribution in [0.15, 0.2) is 182 Å². The number of fused-ring (bicyclic) bond motifs is 11. The molecule has 0 bridgehead atoms. The summed E-state index contributed by atoms with van der Waals surface area (Å²) in [7, 11) is 0. The summed E-state index contributed by atoms with van der Waals surface area (Å²) in [5.41, 5.74) is 14.7. The van der Waals surface area contributed by atoms with Gasteiger partial charge in [0.2, 0.25) is 0 Å². The molecule has 0 aliphatic carbocycles. The minimum absolute atomic E-state index is 0.578. The van der Waals surface area contributed by atoms with Crippen molar-refractivity contribution in [3.05, 3.63) is 205 Å². The van der Waals surface area contributed by atoms with E-state index in [9.17, 15) is 0 Å². The van der Waals surface area contributed by atoms with Crippen LogP contribution in [0, 0.1) is 0 Å². The van der Waals surface area contributed by atoms with Gasteiger partial charge in [0.05, 0.1) is 51.1 Å². The van der Waals surface area contributed by atoms with Gasteiger partial charge in [-0.05, 0) is 95.1 Å². The van der Waals surface area contributed by atoms with Crippen molar-refractivity contribution in [2.45, 2.75) is 5.41 Å². The van der Waals surface area contributed by atoms with Crippen molar-refractivity contribution in [3.63, 3.8) is 0 Å². The summed E-state index contributed by atoms with van der Waals surface area (Å²) in [5, 5.41) is 0. The van der Waals surface area contributed by atoms with Crippen LogP contribution in [-0.4, -0.2) is 19.5 Å². The molecule has 5 aromatic carbocycles. The third kappa shape index (κ3) is 3.80. The highest BCUT2D eigenvalue weighted by Gasteiger charge is 2.51. The van der Waals surface area contributed by atoms with Crippen LogP contribution in [0.25, 0.3) is 27.8 Å². The molecule has 52 heavy (non-hydrogen) atoms. The largest absolute Gasteiger partial charge is 0.310 e. The summed E-state index contributed by atoms with van der Waals surface area (Å²) in [6.45, 7) is 0. The van der Waals surface area contributed by atoms with Gasteiger partial charge in [-0.25, -0.2) is 4.98 Å². The zero-order valence-corrected chi connectivity index (χ0v) is 28.0. The van der Waals surface area contributed by atoms with E-state index in [4.69, 9.17) is 4.98 Å². The highest BCUT2D eigenvalue weighted by atomic mass is 15.2. The van der Waals surface area contributed by atoms with Crippen LogP contribution in [0.2, 0.25) is 0 Å². The predicted molar refractivity (Wildman–Crippen MR) is 209 cm³/mol. The number of nitrogens with zero attached hydrogens (tertiary/aromatic N) is 6. The summed E-state index contributed by atoms with van der Waals surface area (Å²) in [5.74, 6) is 0.846. The highest BCUT2D eigenvalue weighted by Crippen LogP contribution is 2.63. The normalized spacial score (nSPS) is 13.8. The number of benzene rings is 5. The summed E-state index contributed by atoms with van der Waals surface area (Å²) in [6.07, 6.45) is 5.61. The summed E-state index contributed by atoms with van der Waals surface area (Å²) in [4.78, 5) is 19.3. The van der Waals surface area contributed by atoms with Gasteiger partial charge in [0.25, 0.3) is 0 Å². The van der Waals surface area contributed by atoms with Crippen LogP contribution < -0.4 is 9.80 Å². The number of para-hydroxylation sites is 5. The molecule has 6 heterocycles. The molecular weight excluding hydrogens is 637 g/mol. The maximum Gasteiger partial charge on any atom is 0.137 e. The zero-order valence-electron chi connectivity index (χ0n) is 28.0. The van der Waals surface area contributed by atoms with Crippen molar-refractivity contribution < 1.29 is 0 Å². The molecule has 4 aromatic heterocycles. The summed E-state index contributed by atoms with van der Waals surface area (Å²) >= 11 is 0. The van der Waals surface area contributed by atoms with E-state index >= 15 is 0 Å². The molecule has 6 heteroatoms. The average molecular weight is 667 g/mol. The van der Waals surface area contributed by atoms with Crippen molar-refractivity contribution >= 4 is 56.3 Å². The highest BCUT2D eigenvalue weighted by molar-refractivity contribution is 6.04. The molecule has 6 nitrogen and oxygen atoms in total. The molecule has 0 saturated heterocycles. The maximum absolute atomic E-state index is 5.20. The molecular formula is C46H30N6. The molecule has 2 aliphatic rings. The van der Waals surface area contributed by atoms with E-state index in [1.54, 1.807) is 0 Å². The van der Waals surface area contributed by atoms with E-state index in [-0.39, 0.29) is 0 Å². The van der Waals surface area contributed by atoms with Gasteiger partial charge in [-0.1, -0.05) is 91.0 Å². The van der Waals surface area contributed by atoms with Crippen LogP contribution in [0.5, 0.6) is 0 Å². The Morgan fingerprint density at radius 2 is 0.827 bits per heavy atom. The minimum Gasteiger partial charge on any atom is -0.310 e. The summed E-state index contributed by atoms with van der Waals surface area (Å²) in [6, 6.07) is 58.6. The van der Waals surface area contributed by atoms with Crippen LogP contribution in [0.1, 0.15) is 22.3 Å². The topological polar surface area (TPSA) is 50.1 Å². The third-order valence-corrected chi connectivity index (χ3v) is 10.7. The van der Waals surface area contributed by atoms with Crippen molar-refractivity contribution in [1.29, 1.82) is 0 Å². The minimum atomic E-state index is -0.578. The quantitative estimate of drug-likeness (QED) is 0.188. The molecule has 11 rings (SSSR count). The van der Waals surface area contributed by atoms with E-state index in [0.29, 0.717) is 0 Å². The number of anilines is 6. The Labute approximate surface area is 300 Å². The smallest absolute Gasteiger partial charge is 0.137 e. The van der Waals surface area contributed by atoms with Crippen LogP contribution in [0.4, 0.5) is 34.3 Å². The van der Waals surface area contributed by atoms with Crippen molar-refractivity contribution in [2.75, 3.05) is 9.80 Å². The third-order valence-electron chi connectivity index (χ3n) is 10.7. The molecule has 0 atom stereocenters. The lowest BCUT2D eigenvalue weighted by molar-refractivity contribution is 0.718. The number of hydrogen-bond donors (Lipinski definition) is 0. The monoisotopic (exact) mass is 666 g/mol. The molecule has 1 spiro atoms. The van der Waals surface area contributed by atoms with Gasteiger partial charge < -0.3 is 9.47 Å². The molecule has 0 unspecified atom stereocenters. The van der Waals surface area contributed by atoms with E-state index in [2.05, 4.69) is 176 Å². The Morgan fingerprint density at radius 1 is 0.365 bits per heavy atom. The second-order valence-electron chi connectivity index (χ2n) is 13.3. The van der Waals surface area contributed by atoms with Crippen molar-refractivity contribution in [2.24, 2.45) is 0 Å². The molecule has 0 N–H and O–H groups in total. The number of pyridine rings is 3. The second kappa shape index (κ2) is 11.0. The molecule has 0 saturated carbocycles. The predicted octanol–water partition coefficient (Wildman–Crippen LogP) is 10.9. The lowest BCUT2D eigenvalue weighted by Gasteiger charge is -2.51. The Bertz CT molecular complexity index is 2670. The second-order valence-corrected chi connectivity index (χ2v) is 13.3. The van der Waals surface area contributed by atoms with E-state index in [1.165, 1.54) is 33.6 Å². The van der Waals surface area contributed by atoms with Gasteiger partial charge >= 0.3 is 0 Å². The Balaban J connectivity index is 1.14. The lowest BCUT2D eigenvalue weighted by atomic mass is 9.60. The first-order valence-corrected chi connectivity index (χ1v) is 17.5. The standard InChI is InChI=1S/C46H30N6/c1-2-14-31(15-3-1)50-37-20-8-4-16-33(37)46(34-17-5-9-21-38(34)50)35-18-6-10-22-39(35)52(40-23-11-7-19-36(40)46)43-27-26-32(30-49-43)51-41-24-12-28-47-44(41)45-42(51)25-13-29-48-45/h1-30H. The van der Waals surface area contributed by atoms with Gasteiger partial charge in [0.1, 0.15) is 16.9 Å². The first kappa shape index (κ1) is 28.8. The fourth-order valence-corrected chi connectivity index (χ4v) is 8.75. The molecule has 2 aliphatic heterocycles. The van der Waals surface area contributed by atoms with E-state index < -0.39 is 5.41 Å². The summed E-state index contributed by atoms with van der Waals surface area (Å²) < 4.78 is 2.20. The number of aromatic nitrogens is 4. The first-order valence-electron chi connectivity index (χ1n) is 17.5.